The molecule has 4 rings (SSSR count). The SMILES string of the molecule is Cn1c(-c2cccs2)nn(CN2CCN(c3ccccc3)CC2)c1=S. The van der Waals surface area contributed by atoms with Gasteiger partial charge in [0.15, 0.2) is 10.6 Å². The molecule has 3 heterocycles. The normalized spacial score (nSPS) is 15.6. The van der Waals surface area contributed by atoms with E-state index in [1.54, 1.807) is 11.3 Å². The molecule has 2 aromatic heterocycles. The molecular formula is C18H21N5S2. The molecule has 0 saturated carbocycles. The number of para-hydroxylation sites is 1. The van der Waals surface area contributed by atoms with Crippen molar-refractivity contribution < 1.29 is 0 Å². The number of rotatable bonds is 4. The van der Waals surface area contributed by atoms with Crippen LogP contribution in [0.5, 0.6) is 0 Å². The molecule has 0 amide bonds. The highest BCUT2D eigenvalue weighted by Crippen LogP contribution is 2.23. The Bertz CT molecular complexity index is 874. The third-order valence-electron chi connectivity index (χ3n) is 4.61. The monoisotopic (exact) mass is 371 g/mol. The van der Waals surface area contributed by atoms with E-state index in [1.807, 2.05) is 22.4 Å². The molecule has 25 heavy (non-hydrogen) atoms. The van der Waals surface area contributed by atoms with E-state index in [-0.39, 0.29) is 0 Å². The maximum absolute atomic E-state index is 5.59. The average Bonchev–Trinajstić information content (AvgIpc) is 3.27. The van der Waals surface area contributed by atoms with Crippen molar-refractivity contribution >= 4 is 29.2 Å². The van der Waals surface area contributed by atoms with Crippen LogP contribution >= 0.6 is 23.6 Å². The molecule has 0 N–H and O–H groups in total. The summed E-state index contributed by atoms with van der Waals surface area (Å²) in [6.07, 6.45) is 0. The summed E-state index contributed by atoms with van der Waals surface area (Å²) in [7, 11) is 1.99. The number of anilines is 1. The molecule has 0 bridgehead atoms. The van der Waals surface area contributed by atoms with E-state index in [0.29, 0.717) is 0 Å². The van der Waals surface area contributed by atoms with Crippen LogP contribution in [0.1, 0.15) is 0 Å². The van der Waals surface area contributed by atoms with Crippen molar-refractivity contribution in [3.8, 4) is 10.7 Å². The standard InChI is InChI=1S/C18H21N5S2/c1-20-17(16-8-5-13-25-16)19-23(18(20)24)14-21-9-11-22(12-10-21)15-6-3-2-4-7-15/h2-8,13H,9-12,14H2,1H3. The summed E-state index contributed by atoms with van der Waals surface area (Å²) in [5, 5.41) is 6.82. The molecule has 1 aliphatic rings. The molecule has 3 aromatic rings. The Labute approximate surface area is 156 Å². The first-order valence-electron chi connectivity index (χ1n) is 8.42. The van der Waals surface area contributed by atoms with Gasteiger partial charge in [0.1, 0.15) is 0 Å². The molecular weight excluding hydrogens is 350 g/mol. The smallest absolute Gasteiger partial charge is 0.199 e. The summed E-state index contributed by atoms with van der Waals surface area (Å²) < 4.78 is 4.72. The topological polar surface area (TPSA) is 29.2 Å². The number of aromatic nitrogens is 3. The Hall–Kier alpha value is -1.96. The van der Waals surface area contributed by atoms with E-state index in [2.05, 4.69) is 51.6 Å². The zero-order chi connectivity index (χ0) is 17.2. The van der Waals surface area contributed by atoms with E-state index in [9.17, 15) is 0 Å². The predicted molar refractivity (Wildman–Crippen MR) is 106 cm³/mol. The Morgan fingerprint density at radius 2 is 1.80 bits per heavy atom. The summed E-state index contributed by atoms with van der Waals surface area (Å²) >= 11 is 7.28. The van der Waals surface area contributed by atoms with Crippen molar-refractivity contribution in [2.24, 2.45) is 7.05 Å². The number of hydrogen-bond acceptors (Lipinski definition) is 5. The summed E-state index contributed by atoms with van der Waals surface area (Å²) in [6.45, 7) is 4.84. The molecule has 5 nitrogen and oxygen atoms in total. The van der Waals surface area contributed by atoms with Crippen LogP contribution in [0.15, 0.2) is 47.8 Å². The quantitative estimate of drug-likeness (QED) is 0.657. The van der Waals surface area contributed by atoms with Crippen LogP contribution in [0.25, 0.3) is 10.7 Å². The highest BCUT2D eigenvalue weighted by Gasteiger charge is 2.19. The van der Waals surface area contributed by atoms with Gasteiger partial charge in [0.05, 0.1) is 11.5 Å². The second-order valence-corrected chi connectivity index (χ2v) is 7.54. The lowest BCUT2D eigenvalue weighted by molar-refractivity contribution is 0.194. The zero-order valence-electron chi connectivity index (χ0n) is 14.2. The minimum Gasteiger partial charge on any atom is -0.369 e. The van der Waals surface area contributed by atoms with Gasteiger partial charge in [0.2, 0.25) is 0 Å². The first-order chi connectivity index (χ1) is 12.2. The summed E-state index contributed by atoms with van der Waals surface area (Å²) in [5.41, 5.74) is 1.30. The van der Waals surface area contributed by atoms with Gasteiger partial charge in [-0.3, -0.25) is 4.90 Å². The van der Waals surface area contributed by atoms with Crippen molar-refractivity contribution in [3.63, 3.8) is 0 Å². The second kappa shape index (κ2) is 7.11. The summed E-state index contributed by atoms with van der Waals surface area (Å²) in [5.74, 6) is 0.947. The van der Waals surface area contributed by atoms with Gasteiger partial charge in [0.25, 0.3) is 0 Å². The zero-order valence-corrected chi connectivity index (χ0v) is 15.8. The first-order valence-corrected chi connectivity index (χ1v) is 9.71. The summed E-state index contributed by atoms with van der Waals surface area (Å²) in [4.78, 5) is 6.01. The second-order valence-electron chi connectivity index (χ2n) is 6.22. The van der Waals surface area contributed by atoms with E-state index < -0.39 is 0 Å². The lowest BCUT2D eigenvalue weighted by Crippen LogP contribution is -2.47. The minimum absolute atomic E-state index is 0.751. The molecule has 0 unspecified atom stereocenters. The summed E-state index contributed by atoms with van der Waals surface area (Å²) in [6, 6.07) is 14.8. The largest absolute Gasteiger partial charge is 0.369 e. The number of thiophene rings is 1. The number of piperazine rings is 1. The van der Waals surface area contributed by atoms with E-state index >= 15 is 0 Å². The third-order valence-corrected chi connectivity index (χ3v) is 5.96. The van der Waals surface area contributed by atoms with Gasteiger partial charge in [0, 0.05) is 38.9 Å². The highest BCUT2D eigenvalue weighted by atomic mass is 32.1. The fraction of sp³-hybridized carbons (Fsp3) is 0.333. The van der Waals surface area contributed by atoms with Crippen molar-refractivity contribution in [2.45, 2.75) is 6.67 Å². The van der Waals surface area contributed by atoms with E-state index in [1.165, 1.54) is 5.69 Å². The molecule has 0 atom stereocenters. The van der Waals surface area contributed by atoms with Gasteiger partial charge in [-0.2, -0.15) is 0 Å². The Morgan fingerprint density at radius 1 is 1.04 bits per heavy atom. The first kappa shape index (κ1) is 16.5. The van der Waals surface area contributed by atoms with Crippen LogP contribution in [0.3, 0.4) is 0 Å². The van der Waals surface area contributed by atoms with Crippen LogP contribution in [0, 0.1) is 4.77 Å². The predicted octanol–water partition coefficient (Wildman–Crippen LogP) is 3.46. The van der Waals surface area contributed by atoms with Gasteiger partial charge in [-0.25, -0.2) is 4.68 Å². The minimum atomic E-state index is 0.751. The highest BCUT2D eigenvalue weighted by molar-refractivity contribution is 7.71. The Balaban J connectivity index is 1.44. The van der Waals surface area contributed by atoms with Crippen molar-refractivity contribution in [2.75, 3.05) is 31.1 Å². The molecule has 130 valence electrons. The van der Waals surface area contributed by atoms with Gasteiger partial charge in [-0.1, -0.05) is 24.3 Å². The number of benzene rings is 1. The van der Waals surface area contributed by atoms with Crippen molar-refractivity contribution in [1.82, 2.24) is 19.2 Å². The third kappa shape index (κ3) is 3.40. The molecule has 0 aliphatic carbocycles. The Morgan fingerprint density at radius 3 is 2.48 bits per heavy atom. The molecule has 0 radical (unpaired) electrons. The lowest BCUT2D eigenvalue weighted by Gasteiger charge is -2.35. The van der Waals surface area contributed by atoms with Crippen LogP contribution in [-0.2, 0) is 13.7 Å². The lowest BCUT2D eigenvalue weighted by atomic mass is 10.2. The van der Waals surface area contributed by atoms with E-state index in [4.69, 9.17) is 17.3 Å². The molecule has 1 fully saturated rings. The van der Waals surface area contributed by atoms with Crippen molar-refractivity contribution in [1.29, 1.82) is 0 Å². The van der Waals surface area contributed by atoms with Gasteiger partial charge in [-0.15, -0.1) is 16.4 Å². The maximum Gasteiger partial charge on any atom is 0.199 e. The van der Waals surface area contributed by atoms with Crippen LogP contribution < -0.4 is 4.90 Å². The average molecular weight is 372 g/mol. The van der Waals surface area contributed by atoms with Crippen LogP contribution in [-0.4, -0.2) is 45.4 Å². The van der Waals surface area contributed by atoms with Crippen LogP contribution in [0.4, 0.5) is 5.69 Å². The van der Waals surface area contributed by atoms with Gasteiger partial charge >= 0.3 is 0 Å². The maximum atomic E-state index is 5.59. The van der Waals surface area contributed by atoms with Crippen molar-refractivity contribution in [3.05, 3.63) is 52.6 Å². The molecule has 1 saturated heterocycles. The Kier molecular flexibility index (Phi) is 4.70. The number of hydrogen-bond donors (Lipinski definition) is 0. The molecule has 7 heteroatoms. The van der Waals surface area contributed by atoms with Crippen LogP contribution in [0.2, 0.25) is 0 Å². The van der Waals surface area contributed by atoms with Gasteiger partial charge in [-0.05, 0) is 35.8 Å². The number of nitrogens with zero attached hydrogens (tertiary/aromatic N) is 5. The fourth-order valence-corrected chi connectivity index (χ4v) is 4.11. The molecule has 0 spiro atoms. The van der Waals surface area contributed by atoms with Gasteiger partial charge < -0.3 is 9.47 Å². The molecule has 1 aliphatic heterocycles. The van der Waals surface area contributed by atoms with E-state index in [0.717, 1.165) is 48.3 Å². The fourth-order valence-electron chi connectivity index (χ4n) is 3.18. The molecule has 1 aromatic carbocycles.